The topological polar surface area (TPSA) is 30.5 Å². The van der Waals surface area contributed by atoms with Crippen LogP contribution in [0.5, 0.6) is 11.5 Å². The number of ether oxygens (including phenoxy) is 2. The summed E-state index contributed by atoms with van der Waals surface area (Å²) in [4.78, 5) is 1.30. The molecule has 0 saturated heterocycles. The van der Waals surface area contributed by atoms with E-state index in [0.717, 1.165) is 18.0 Å². The Bertz CT molecular complexity index is 644. The van der Waals surface area contributed by atoms with E-state index in [4.69, 9.17) is 9.47 Å². The van der Waals surface area contributed by atoms with Gasteiger partial charge in [-0.25, -0.2) is 0 Å². The maximum atomic E-state index is 5.67. The van der Waals surface area contributed by atoms with Crippen molar-refractivity contribution in [2.75, 3.05) is 25.1 Å². The number of benzene rings is 2. The van der Waals surface area contributed by atoms with Crippen LogP contribution < -0.4 is 14.8 Å². The fourth-order valence-electron chi connectivity index (χ4n) is 2.56. The Balaban J connectivity index is 1.63. The Labute approximate surface area is 122 Å². The second-order valence-electron chi connectivity index (χ2n) is 4.89. The molecule has 0 radical (unpaired) electrons. The van der Waals surface area contributed by atoms with E-state index in [9.17, 15) is 0 Å². The molecule has 2 heterocycles. The van der Waals surface area contributed by atoms with Crippen molar-refractivity contribution in [1.82, 2.24) is 0 Å². The summed E-state index contributed by atoms with van der Waals surface area (Å²) in [5.41, 5.74) is 2.51. The molecule has 0 bridgehead atoms. The molecule has 0 aromatic heterocycles. The summed E-state index contributed by atoms with van der Waals surface area (Å²) >= 11 is 1.90. The molecule has 2 aromatic carbocycles. The van der Waals surface area contributed by atoms with Crippen molar-refractivity contribution in [1.29, 1.82) is 0 Å². The molecule has 0 aliphatic carbocycles. The summed E-state index contributed by atoms with van der Waals surface area (Å²) in [7, 11) is 0. The first-order valence-corrected chi connectivity index (χ1v) is 7.67. The summed E-state index contributed by atoms with van der Waals surface area (Å²) in [6.07, 6.45) is 0. The van der Waals surface area contributed by atoms with E-state index in [-0.39, 0.29) is 0 Å². The van der Waals surface area contributed by atoms with E-state index >= 15 is 0 Å². The van der Waals surface area contributed by atoms with Crippen molar-refractivity contribution < 1.29 is 9.47 Å². The molecule has 2 aromatic rings. The van der Waals surface area contributed by atoms with Crippen LogP contribution >= 0.6 is 11.8 Å². The molecular weight excluding hydrogens is 270 g/mol. The van der Waals surface area contributed by atoms with Gasteiger partial charge < -0.3 is 14.8 Å². The molecule has 1 atom stereocenters. The fraction of sp³-hybridized carbons (Fsp3) is 0.250. The third-order valence-electron chi connectivity index (χ3n) is 3.57. The standard InChI is InChI=1S/C16H15NO2S/c1-2-4-15-12(3-1)17-10-16(20-15)11-5-6-13-14(9-11)19-8-7-18-13/h1-6,9,16-17H,7-8,10H2. The third kappa shape index (κ3) is 2.10. The molecule has 0 amide bonds. The minimum Gasteiger partial charge on any atom is -0.486 e. The highest BCUT2D eigenvalue weighted by Crippen LogP contribution is 2.44. The van der Waals surface area contributed by atoms with Crippen molar-refractivity contribution >= 4 is 17.4 Å². The van der Waals surface area contributed by atoms with Crippen LogP contribution in [-0.4, -0.2) is 19.8 Å². The van der Waals surface area contributed by atoms with Crippen LogP contribution in [0.15, 0.2) is 47.4 Å². The smallest absolute Gasteiger partial charge is 0.161 e. The Morgan fingerprint density at radius 2 is 1.85 bits per heavy atom. The van der Waals surface area contributed by atoms with Gasteiger partial charge in [-0.1, -0.05) is 18.2 Å². The Hall–Kier alpha value is -1.81. The highest BCUT2D eigenvalue weighted by Gasteiger charge is 2.22. The van der Waals surface area contributed by atoms with E-state index in [1.807, 2.05) is 17.8 Å². The lowest BCUT2D eigenvalue weighted by Gasteiger charge is -2.27. The number of nitrogens with one attached hydrogen (secondary N) is 1. The van der Waals surface area contributed by atoms with Gasteiger partial charge in [0.15, 0.2) is 11.5 Å². The quantitative estimate of drug-likeness (QED) is 0.865. The summed E-state index contributed by atoms with van der Waals surface area (Å²) in [5.74, 6) is 1.72. The van der Waals surface area contributed by atoms with Crippen molar-refractivity contribution in [3.63, 3.8) is 0 Å². The average molecular weight is 285 g/mol. The predicted molar refractivity (Wildman–Crippen MR) is 81.0 cm³/mol. The predicted octanol–water partition coefficient (Wildman–Crippen LogP) is 3.72. The summed E-state index contributed by atoms with van der Waals surface area (Å²) in [6, 6.07) is 14.7. The minimum absolute atomic E-state index is 0.403. The number of rotatable bonds is 1. The second-order valence-corrected chi connectivity index (χ2v) is 6.13. The van der Waals surface area contributed by atoms with Crippen LogP contribution in [0.3, 0.4) is 0 Å². The number of anilines is 1. The Kier molecular flexibility index (Phi) is 2.96. The lowest BCUT2D eigenvalue weighted by molar-refractivity contribution is 0.171. The molecule has 0 spiro atoms. The molecule has 0 saturated carbocycles. The van der Waals surface area contributed by atoms with Crippen LogP contribution in [0.1, 0.15) is 10.8 Å². The van der Waals surface area contributed by atoms with Crippen LogP contribution in [0.4, 0.5) is 5.69 Å². The van der Waals surface area contributed by atoms with Crippen LogP contribution in [0.2, 0.25) is 0 Å². The van der Waals surface area contributed by atoms with Gasteiger partial charge in [-0.2, -0.15) is 0 Å². The first kappa shape index (κ1) is 12.0. The van der Waals surface area contributed by atoms with Gasteiger partial charge in [0, 0.05) is 17.1 Å². The van der Waals surface area contributed by atoms with Crippen molar-refractivity contribution in [2.24, 2.45) is 0 Å². The zero-order valence-corrected chi connectivity index (χ0v) is 11.8. The maximum Gasteiger partial charge on any atom is 0.161 e. The number of thioether (sulfide) groups is 1. The van der Waals surface area contributed by atoms with E-state index in [2.05, 4.69) is 41.7 Å². The van der Waals surface area contributed by atoms with Gasteiger partial charge >= 0.3 is 0 Å². The average Bonchev–Trinajstić information content (AvgIpc) is 2.54. The second kappa shape index (κ2) is 4.94. The van der Waals surface area contributed by atoms with E-state index in [1.54, 1.807) is 0 Å². The van der Waals surface area contributed by atoms with E-state index in [0.29, 0.717) is 18.5 Å². The third-order valence-corrected chi connectivity index (χ3v) is 4.91. The molecular formula is C16H15NO2S. The first-order valence-electron chi connectivity index (χ1n) is 6.79. The maximum absolute atomic E-state index is 5.67. The first-order chi connectivity index (χ1) is 9.90. The SMILES string of the molecule is c1ccc2c(c1)NCC(c1ccc3c(c1)OCCO3)S2. The molecule has 2 aliphatic rings. The van der Waals surface area contributed by atoms with Crippen molar-refractivity contribution in [2.45, 2.75) is 10.1 Å². The lowest BCUT2D eigenvalue weighted by Crippen LogP contribution is -2.17. The zero-order chi connectivity index (χ0) is 13.4. The van der Waals surface area contributed by atoms with E-state index in [1.165, 1.54) is 16.1 Å². The highest BCUT2D eigenvalue weighted by molar-refractivity contribution is 7.99. The van der Waals surface area contributed by atoms with Crippen molar-refractivity contribution in [3.8, 4) is 11.5 Å². The van der Waals surface area contributed by atoms with Gasteiger partial charge in [0.05, 0.1) is 5.25 Å². The number of fused-ring (bicyclic) bond motifs is 2. The minimum atomic E-state index is 0.403. The molecule has 2 aliphatic heterocycles. The zero-order valence-electron chi connectivity index (χ0n) is 11.0. The van der Waals surface area contributed by atoms with Gasteiger partial charge in [0.25, 0.3) is 0 Å². The van der Waals surface area contributed by atoms with Gasteiger partial charge in [-0.05, 0) is 29.8 Å². The Morgan fingerprint density at radius 3 is 2.80 bits per heavy atom. The molecule has 1 N–H and O–H groups in total. The largest absolute Gasteiger partial charge is 0.486 e. The van der Waals surface area contributed by atoms with E-state index < -0.39 is 0 Å². The summed E-state index contributed by atoms with van der Waals surface area (Å²) < 4.78 is 11.2. The highest BCUT2D eigenvalue weighted by atomic mass is 32.2. The molecule has 20 heavy (non-hydrogen) atoms. The van der Waals surface area contributed by atoms with Gasteiger partial charge in [-0.15, -0.1) is 11.8 Å². The van der Waals surface area contributed by atoms with Gasteiger partial charge in [0.2, 0.25) is 0 Å². The monoisotopic (exact) mass is 285 g/mol. The van der Waals surface area contributed by atoms with Crippen LogP contribution in [0.25, 0.3) is 0 Å². The van der Waals surface area contributed by atoms with Crippen molar-refractivity contribution in [3.05, 3.63) is 48.0 Å². The number of para-hydroxylation sites is 1. The number of hydrogen-bond donors (Lipinski definition) is 1. The molecule has 1 unspecified atom stereocenters. The molecule has 102 valence electrons. The number of hydrogen-bond acceptors (Lipinski definition) is 4. The van der Waals surface area contributed by atoms with Gasteiger partial charge in [0.1, 0.15) is 13.2 Å². The Morgan fingerprint density at radius 1 is 1.00 bits per heavy atom. The van der Waals surface area contributed by atoms with Crippen LogP contribution in [-0.2, 0) is 0 Å². The van der Waals surface area contributed by atoms with Gasteiger partial charge in [-0.3, -0.25) is 0 Å². The lowest BCUT2D eigenvalue weighted by atomic mass is 10.1. The molecule has 0 fully saturated rings. The normalized spacial score (nSPS) is 19.9. The summed E-state index contributed by atoms with van der Waals surface area (Å²) in [6.45, 7) is 2.20. The van der Waals surface area contributed by atoms with Crippen LogP contribution in [0, 0.1) is 0 Å². The molecule has 4 heteroatoms. The molecule has 3 nitrogen and oxygen atoms in total. The molecule has 4 rings (SSSR count). The fourth-order valence-corrected chi connectivity index (χ4v) is 3.74. The summed E-state index contributed by atoms with van der Waals surface area (Å²) in [5, 5.41) is 3.90.